The molecule has 0 spiro atoms. The lowest BCUT2D eigenvalue weighted by atomic mass is 9.96. The van der Waals surface area contributed by atoms with E-state index in [1.807, 2.05) is 36.4 Å². The average Bonchev–Trinajstić information content (AvgIpc) is 2.80. The number of rotatable bonds is 4. The van der Waals surface area contributed by atoms with Crippen molar-refractivity contribution in [2.75, 3.05) is 26.2 Å². The number of alkyl halides is 3. The molecule has 1 aliphatic heterocycles. The highest BCUT2D eigenvalue weighted by molar-refractivity contribution is 5.90. The lowest BCUT2D eigenvalue weighted by Crippen LogP contribution is -2.50. The number of carbonyl (C=O) groups excluding carboxylic acids is 1. The first-order valence-electron chi connectivity index (χ1n) is 9.97. The van der Waals surface area contributed by atoms with Gasteiger partial charge in [-0.25, -0.2) is 9.97 Å². The molecule has 2 heterocycles. The normalized spacial score (nSPS) is 15.3. The summed E-state index contributed by atoms with van der Waals surface area (Å²) in [4.78, 5) is 23.7. The number of aromatic nitrogens is 2. The summed E-state index contributed by atoms with van der Waals surface area (Å²) in [5.41, 5.74) is 1.18. The molecule has 1 saturated heterocycles. The third kappa shape index (κ3) is 4.74. The summed E-state index contributed by atoms with van der Waals surface area (Å²) in [6.45, 7) is 1.93. The van der Waals surface area contributed by atoms with E-state index < -0.39 is 23.6 Å². The number of halogens is 3. The Morgan fingerprint density at radius 3 is 1.90 bits per heavy atom. The third-order valence-corrected chi connectivity index (χ3v) is 5.33. The maximum Gasteiger partial charge on any atom is 0.433 e. The summed E-state index contributed by atoms with van der Waals surface area (Å²) >= 11 is 0. The van der Waals surface area contributed by atoms with E-state index in [1.165, 1.54) is 4.90 Å². The number of nitrogens with zero attached hydrogens (tertiary/aromatic N) is 4. The molecule has 0 radical (unpaired) electrons. The molecular weight excluding hydrogens is 405 g/mol. The Morgan fingerprint density at radius 1 is 0.839 bits per heavy atom. The summed E-state index contributed by atoms with van der Waals surface area (Å²) in [5, 5.41) is 0. The number of benzene rings is 2. The van der Waals surface area contributed by atoms with Crippen molar-refractivity contribution in [3.05, 3.63) is 95.6 Å². The number of piperazine rings is 1. The predicted molar refractivity (Wildman–Crippen MR) is 109 cm³/mol. The molecule has 4 rings (SSSR count). The van der Waals surface area contributed by atoms with Gasteiger partial charge in [-0.2, -0.15) is 13.2 Å². The quantitative estimate of drug-likeness (QED) is 0.632. The van der Waals surface area contributed by atoms with E-state index in [9.17, 15) is 18.0 Å². The Labute approximate surface area is 178 Å². The number of amides is 1. The Hall–Kier alpha value is -3.26. The summed E-state index contributed by atoms with van der Waals surface area (Å²) in [6.07, 6.45) is -3.64. The lowest BCUT2D eigenvalue weighted by Gasteiger charge is -2.39. The highest BCUT2D eigenvalue weighted by atomic mass is 19.4. The van der Waals surface area contributed by atoms with Gasteiger partial charge in [-0.3, -0.25) is 9.69 Å². The van der Waals surface area contributed by atoms with Crippen molar-refractivity contribution in [3.63, 3.8) is 0 Å². The molecule has 8 heteroatoms. The van der Waals surface area contributed by atoms with E-state index in [-0.39, 0.29) is 6.04 Å². The molecule has 0 unspecified atom stereocenters. The van der Waals surface area contributed by atoms with Crippen LogP contribution in [-0.4, -0.2) is 51.9 Å². The van der Waals surface area contributed by atoms with E-state index in [0.717, 1.165) is 23.4 Å². The van der Waals surface area contributed by atoms with Crippen LogP contribution in [0.1, 0.15) is 33.5 Å². The minimum Gasteiger partial charge on any atom is -0.333 e. The molecule has 0 atom stereocenters. The highest BCUT2D eigenvalue weighted by Gasteiger charge is 2.34. The molecule has 160 valence electrons. The van der Waals surface area contributed by atoms with Crippen LogP contribution in [0.4, 0.5) is 13.2 Å². The SMILES string of the molecule is O=C(c1nccc(C(F)(F)F)n1)N1CCN(C(c2ccccc2)c2ccccc2)CC1. The monoisotopic (exact) mass is 426 g/mol. The van der Waals surface area contributed by atoms with Crippen LogP contribution in [0.3, 0.4) is 0 Å². The van der Waals surface area contributed by atoms with Gasteiger partial charge in [0.2, 0.25) is 5.82 Å². The van der Waals surface area contributed by atoms with Crippen molar-refractivity contribution in [3.8, 4) is 0 Å². The van der Waals surface area contributed by atoms with E-state index in [2.05, 4.69) is 39.1 Å². The summed E-state index contributed by atoms with van der Waals surface area (Å²) in [5.74, 6) is -1.01. The lowest BCUT2D eigenvalue weighted by molar-refractivity contribution is -0.141. The largest absolute Gasteiger partial charge is 0.433 e. The maximum absolute atomic E-state index is 12.9. The molecule has 1 aliphatic rings. The third-order valence-electron chi connectivity index (χ3n) is 5.33. The second kappa shape index (κ2) is 8.85. The van der Waals surface area contributed by atoms with Crippen LogP contribution >= 0.6 is 0 Å². The van der Waals surface area contributed by atoms with Crippen LogP contribution in [-0.2, 0) is 6.18 Å². The highest BCUT2D eigenvalue weighted by Crippen LogP contribution is 2.30. The minimum absolute atomic E-state index is 0.0319. The van der Waals surface area contributed by atoms with Crippen molar-refractivity contribution in [2.45, 2.75) is 12.2 Å². The topological polar surface area (TPSA) is 49.3 Å². The van der Waals surface area contributed by atoms with Gasteiger partial charge in [-0.1, -0.05) is 60.7 Å². The molecule has 3 aromatic rings. The Kier molecular flexibility index (Phi) is 5.99. The van der Waals surface area contributed by atoms with Crippen molar-refractivity contribution in [1.29, 1.82) is 0 Å². The zero-order valence-electron chi connectivity index (χ0n) is 16.7. The van der Waals surface area contributed by atoms with E-state index >= 15 is 0 Å². The summed E-state index contributed by atoms with van der Waals surface area (Å²) in [6, 6.07) is 21.0. The summed E-state index contributed by atoms with van der Waals surface area (Å²) < 4.78 is 38.7. The second-order valence-electron chi connectivity index (χ2n) is 7.32. The zero-order valence-corrected chi connectivity index (χ0v) is 16.7. The van der Waals surface area contributed by atoms with E-state index in [4.69, 9.17) is 0 Å². The molecule has 1 amide bonds. The molecule has 1 aromatic heterocycles. The molecule has 1 fully saturated rings. The van der Waals surface area contributed by atoms with Crippen LogP contribution in [0.25, 0.3) is 0 Å². The van der Waals surface area contributed by atoms with Crippen molar-refractivity contribution in [1.82, 2.24) is 19.8 Å². The molecule has 0 saturated carbocycles. The fourth-order valence-corrected chi connectivity index (χ4v) is 3.83. The maximum atomic E-state index is 12.9. The number of hydrogen-bond donors (Lipinski definition) is 0. The van der Waals surface area contributed by atoms with E-state index in [1.54, 1.807) is 0 Å². The molecule has 0 aliphatic carbocycles. The van der Waals surface area contributed by atoms with Gasteiger partial charge in [0.15, 0.2) is 0 Å². The fourth-order valence-electron chi connectivity index (χ4n) is 3.83. The van der Waals surface area contributed by atoms with Gasteiger partial charge in [0, 0.05) is 32.4 Å². The number of carbonyl (C=O) groups is 1. The van der Waals surface area contributed by atoms with Crippen LogP contribution in [0.15, 0.2) is 72.9 Å². The van der Waals surface area contributed by atoms with Gasteiger partial charge in [-0.05, 0) is 17.2 Å². The minimum atomic E-state index is -4.62. The molecule has 0 bridgehead atoms. The van der Waals surface area contributed by atoms with Gasteiger partial charge >= 0.3 is 6.18 Å². The first kappa shape index (κ1) is 21.0. The standard InChI is InChI=1S/C23H21F3N4O/c24-23(25,26)19-11-12-27-21(28-19)22(31)30-15-13-29(14-16-30)20(17-7-3-1-4-8-17)18-9-5-2-6-10-18/h1-12,20H,13-16H2. The van der Waals surface area contributed by atoms with E-state index in [0.29, 0.717) is 26.2 Å². The van der Waals surface area contributed by atoms with Crippen LogP contribution < -0.4 is 0 Å². The smallest absolute Gasteiger partial charge is 0.333 e. The first-order valence-corrected chi connectivity index (χ1v) is 9.97. The Morgan fingerprint density at radius 2 is 1.39 bits per heavy atom. The molecule has 0 N–H and O–H groups in total. The first-order chi connectivity index (χ1) is 14.9. The van der Waals surface area contributed by atoms with Crippen LogP contribution in [0, 0.1) is 0 Å². The van der Waals surface area contributed by atoms with Gasteiger partial charge in [0.1, 0.15) is 5.69 Å². The zero-order chi connectivity index (χ0) is 21.8. The summed E-state index contributed by atoms with van der Waals surface area (Å²) in [7, 11) is 0. The van der Waals surface area contributed by atoms with Gasteiger partial charge < -0.3 is 4.90 Å². The van der Waals surface area contributed by atoms with Gasteiger partial charge in [0.25, 0.3) is 5.91 Å². The predicted octanol–water partition coefficient (Wildman–Crippen LogP) is 4.04. The van der Waals surface area contributed by atoms with Crippen molar-refractivity contribution < 1.29 is 18.0 Å². The Bertz CT molecular complexity index is 980. The molecule has 31 heavy (non-hydrogen) atoms. The second-order valence-corrected chi connectivity index (χ2v) is 7.32. The van der Waals surface area contributed by atoms with Gasteiger partial charge in [0.05, 0.1) is 6.04 Å². The van der Waals surface area contributed by atoms with Gasteiger partial charge in [-0.15, -0.1) is 0 Å². The van der Waals surface area contributed by atoms with Crippen LogP contribution in [0.2, 0.25) is 0 Å². The average molecular weight is 426 g/mol. The molecule has 5 nitrogen and oxygen atoms in total. The molecule has 2 aromatic carbocycles. The number of hydrogen-bond acceptors (Lipinski definition) is 4. The van der Waals surface area contributed by atoms with Crippen molar-refractivity contribution >= 4 is 5.91 Å². The van der Waals surface area contributed by atoms with Crippen LogP contribution in [0.5, 0.6) is 0 Å². The molecular formula is C23H21F3N4O. The van der Waals surface area contributed by atoms with Crippen molar-refractivity contribution in [2.24, 2.45) is 0 Å². The Balaban J connectivity index is 1.50. The fraction of sp³-hybridized carbons (Fsp3) is 0.261.